The molecule has 0 radical (unpaired) electrons. The highest BCUT2D eigenvalue weighted by Gasteiger charge is 2.17. The molecule has 0 saturated heterocycles. The molecule has 0 aliphatic carbocycles. The zero-order valence-corrected chi connectivity index (χ0v) is 16.4. The first-order chi connectivity index (χ1) is 12.1. The second kappa shape index (κ2) is 8.02. The van der Waals surface area contributed by atoms with Gasteiger partial charge in [0, 0.05) is 23.6 Å². The number of thioether (sulfide) groups is 1. The fourth-order valence-electron chi connectivity index (χ4n) is 2.59. The molecular weight excluding hydrogens is 348 g/mol. The number of thiazole rings is 1. The van der Waals surface area contributed by atoms with Crippen LogP contribution in [0.25, 0.3) is 10.2 Å². The Morgan fingerprint density at radius 2 is 1.96 bits per heavy atom. The fourth-order valence-corrected chi connectivity index (χ4v) is 4.57. The SMILES string of the molecule is CCN(C(=O)CCSc1ccc(C)c(C)c1)c1nc2ccccc2s1. The predicted molar refractivity (Wildman–Crippen MR) is 109 cm³/mol. The van der Waals surface area contributed by atoms with Crippen LogP contribution in [0.4, 0.5) is 5.13 Å². The molecule has 25 heavy (non-hydrogen) atoms. The number of benzene rings is 2. The first kappa shape index (κ1) is 18.0. The molecule has 0 bridgehead atoms. The maximum absolute atomic E-state index is 12.6. The van der Waals surface area contributed by atoms with E-state index in [9.17, 15) is 4.79 Å². The largest absolute Gasteiger partial charge is 0.288 e. The summed E-state index contributed by atoms with van der Waals surface area (Å²) in [7, 11) is 0. The number of carbonyl (C=O) groups is 1. The second-order valence-corrected chi connectivity index (χ2v) is 8.12. The number of anilines is 1. The van der Waals surface area contributed by atoms with Crippen molar-refractivity contribution in [2.24, 2.45) is 0 Å². The minimum atomic E-state index is 0.137. The van der Waals surface area contributed by atoms with Gasteiger partial charge >= 0.3 is 0 Å². The lowest BCUT2D eigenvalue weighted by Crippen LogP contribution is -2.30. The summed E-state index contributed by atoms with van der Waals surface area (Å²) in [5.74, 6) is 0.917. The Bertz CT molecular complexity index is 855. The molecule has 130 valence electrons. The third-order valence-electron chi connectivity index (χ3n) is 4.19. The van der Waals surface area contributed by atoms with Gasteiger partial charge in [0.1, 0.15) is 0 Å². The highest BCUT2D eigenvalue weighted by Crippen LogP contribution is 2.29. The van der Waals surface area contributed by atoms with Gasteiger partial charge in [0.25, 0.3) is 0 Å². The van der Waals surface area contributed by atoms with Crippen molar-refractivity contribution in [1.82, 2.24) is 4.98 Å². The maximum Gasteiger partial charge on any atom is 0.229 e. The summed E-state index contributed by atoms with van der Waals surface area (Å²) >= 11 is 3.31. The van der Waals surface area contributed by atoms with Crippen molar-refractivity contribution in [3.05, 3.63) is 53.6 Å². The molecule has 0 unspecified atom stereocenters. The van der Waals surface area contributed by atoms with Crippen molar-refractivity contribution in [3.8, 4) is 0 Å². The van der Waals surface area contributed by atoms with Gasteiger partial charge in [-0.15, -0.1) is 11.8 Å². The van der Waals surface area contributed by atoms with Crippen molar-refractivity contribution >= 4 is 44.4 Å². The fraction of sp³-hybridized carbons (Fsp3) is 0.300. The van der Waals surface area contributed by atoms with Gasteiger partial charge in [0.2, 0.25) is 5.91 Å². The van der Waals surface area contributed by atoms with Crippen molar-refractivity contribution in [2.75, 3.05) is 17.2 Å². The van der Waals surface area contributed by atoms with Crippen LogP contribution in [0.5, 0.6) is 0 Å². The van der Waals surface area contributed by atoms with Crippen LogP contribution in [0.2, 0.25) is 0 Å². The molecule has 3 rings (SSSR count). The van der Waals surface area contributed by atoms with Crippen molar-refractivity contribution < 1.29 is 4.79 Å². The van der Waals surface area contributed by atoms with E-state index in [0.29, 0.717) is 13.0 Å². The van der Waals surface area contributed by atoms with E-state index in [2.05, 4.69) is 37.0 Å². The first-order valence-corrected chi connectivity index (χ1v) is 10.2. The molecule has 1 aromatic heterocycles. The second-order valence-electron chi connectivity index (χ2n) is 5.95. The van der Waals surface area contributed by atoms with Gasteiger partial charge in [0.05, 0.1) is 10.2 Å². The van der Waals surface area contributed by atoms with E-state index in [-0.39, 0.29) is 5.91 Å². The number of aromatic nitrogens is 1. The number of hydrogen-bond acceptors (Lipinski definition) is 4. The molecule has 0 atom stereocenters. The monoisotopic (exact) mass is 370 g/mol. The lowest BCUT2D eigenvalue weighted by molar-refractivity contribution is -0.118. The van der Waals surface area contributed by atoms with Crippen molar-refractivity contribution in [1.29, 1.82) is 0 Å². The molecule has 0 aliphatic rings. The molecule has 5 heteroatoms. The van der Waals surface area contributed by atoms with Gasteiger partial charge in [-0.3, -0.25) is 9.69 Å². The Kier molecular flexibility index (Phi) is 5.76. The maximum atomic E-state index is 12.6. The summed E-state index contributed by atoms with van der Waals surface area (Å²) in [5, 5.41) is 0.796. The molecule has 2 aromatic carbocycles. The topological polar surface area (TPSA) is 33.2 Å². The molecule has 3 aromatic rings. The van der Waals surface area contributed by atoms with Crippen LogP contribution in [0, 0.1) is 13.8 Å². The Labute approximate surface area is 157 Å². The molecule has 3 nitrogen and oxygen atoms in total. The zero-order chi connectivity index (χ0) is 17.8. The van der Waals surface area contributed by atoms with E-state index in [1.165, 1.54) is 16.0 Å². The van der Waals surface area contributed by atoms with Crippen LogP contribution in [-0.2, 0) is 4.79 Å². The van der Waals surface area contributed by atoms with E-state index < -0.39 is 0 Å². The van der Waals surface area contributed by atoms with E-state index in [1.807, 2.05) is 31.2 Å². The minimum Gasteiger partial charge on any atom is -0.288 e. The number of rotatable bonds is 6. The van der Waals surface area contributed by atoms with E-state index in [0.717, 1.165) is 21.1 Å². The summed E-state index contributed by atoms with van der Waals surface area (Å²) in [4.78, 5) is 20.3. The van der Waals surface area contributed by atoms with E-state index >= 15 is 0 Å². The van der Waals surface area contributed by atoms with Gasteiger partial charge in [0.15, 0.2) is 5.13 Å². The van der Waals surface area contributed by atoms with Gasteiger partial charge in [-0.05, 0) is 56.2 Å². The number of fused-ring (bicyclic) bond motifs is 1. The predicted octanol–water partition coefficient (Wildman–Crippen LogP) is 5.45. The molecule has 0 N–H and O–H groups in total. The normalized spacial score (nSPS) is 11.0. The molecule has 1 amide bonds. The minimum absolute atomic E-state index is 0.137. The summed E-state index contributed by atoms with van der Waals surface area (Å²) in [6.07, 6.45) is 0.515. The van der Waals surface area contributed by atoms with Crippen LogP contribution >= 0.6 is 23.1 Å². The van der Waals surface area contributed by atoms with Gasteiger partial charge in [-0.1, -0.05) is 29.5 Å². The molecule has 0 spiro atoms. The quantitative estimate of drug-likeness (QED) is 0.541. The van der Waals surface area contributed by atoms with Crippen LogP contribution in [0.3, 0.4) is 0 Å². The first-order valence-electron chi connectivity index (χ1n) is 8.44. The summed E-state index contributed by atoms with van der Waals surface area (Å²) in [5.41, 5.74) is 3.55. The number of amides is 1. The van der Waals surface area contributed by atoms with Crippen molar-refractivity contribution in [3.63, 3.8) is 0 Å². The average Bonchev–Trinajstić information content (AvgIpc) is 3.02. The van der Waals surface area contributed by atoms with E-state index in [4.69, 9.17) is 0 Å². The Balaban J connectivity index is 1.63. The van der Waals surface area contributed by atoms with Gasteiger partial charge in [-0.2, -0.15) is 0 Å². The highest BCUT2D eigenvalue weighted by molar-refractivity contribution is 7.99. The number of aryl methyl sites for hydroxylation is 2. The van der Waals surface area contributed by atoms with Gasteiger partial charge < -0.3 is 0 Å². The van der Waals surface area contributed by atoms with Crippen LogP contribution in [0.1, 0.15) is 24.5 Å². The summed E-state index contributed by atoms with van der Waals surface area (Å²) in [6, 6.07) is 14.5. The molecule has 0 saturated carbocycles. The Morgan fingerprint density at radius 1 is 1.16 bits per heavy atom. The van der Waals surface area contributed by atoms with Crippen LogP contribution < -0.4 is 4.90 Å². The third-order valence-corrected chi connectivity index (χ3v) is 6.25. The molecule has 0 aliphatic heterocycles. The van der Waals surface area contributed by atoms with Crippen LogP contribution in [-0.4, -0.2) is 23.2 Å². The summed E-state index contributed by atoms with van der Waals surface area (Å²) < 4.78 is 1.12. The number of carbonyl (C=O) groups excluding carboxylic acids is 1. The Morgan fingerprint density at radius 3 is 2.68 bits per heavy atom. The molecular formula is C20H22N2OS2. The van der Waals surface area contributed by atoms with Crippen LogP contribution in [0.15, 0.2) is 47.4 Å². The number of nitrogens with zero attached hydrogens (tertiary/aromatic N) is 2. The smallest absolute Gasteiger partial charge is 0.229 e. The molecule has 1 heterocycles. The van der Waals surface area contributed by atoms with E-state index in [1.54, 1.807) is 28.0 Å². The number of para-hydroxylation sites is 1. The standard InChI is InChI=1S/C20H22N2OS2/c1-4-22(20-21-17-7-5-6-8-18(17)25-20)19(23)11-12-24-16-10-9-14(2)15(3)13-16/h5-10,13H,4,11-12H2,1-3H3. The van der Waals surface area contributed by atoms with Gasteiger partial charge in [-0.25, -0.2) is 4.98 Å². The zero-order valence-electron chi connectivity index (χ0n) is 14.8. The number of hydrogen-bond donors (Lipinski definition) is 0. The summed E-state index contributed by atoms with van der Waals surface area (Å²) in [6.45, 7) is 6.88. The molecule has 0 fully saturated rings. The lowest BCUT2D eigenvalue weighted by atomic mass is 10.1. The average molecular weight is 371 g/mol. The highest BCUT2D eigenvalue weighted by atomic mass is 32.2. The third kappa shape index (κ3) is 4.22. The lowest BCUT2D eigenvalue weighted by Gasteiger charge is -2.17. The Hall–Kier alpha value is -1.85. The van der Waals surface area contributed by atoms with Crippen molar-refractivity contribution in [2.45, 2.75) is 32.1 Å².